The van der Waals surface area contributed by atoms with Gasteiger partial charge in [-0.2, -0.15) is 10.4 Å². The summed E-state index contributed by atoms with van der Waals surface area (Å²) in [5.41, 5.74) is 0.494. The summed E-state index contributed by atoms with van der Waals surface area (Å²) in [6, 6.07) is 3.87. The van der Waals surface area contributed by atoms with Crippen LogP contribution in [0.2, 0.25) is 0 Å². The average molecular weight is 204 g/mol. The van der Waals surface area contributed by atoms with Gasteiger partial charge < -0.3 is 4.90 Å². The van der Waals surface area contributed by atoms with Crippen molar-refractivity contribution in [3.05, 3.63) is 18.0 Å². The second kappa shape index (κ2) is 4.13. The molecular formula is C10H12N4O. The number of amides is 1. The van der Waals surface area contributed by atoms with Crippen LogP contribution in [0.15, 0.2) is 12.3 Å². The van der Waals surface area contributed by atoms with Crippen molar-refractivity contribution in [2.75, 3.05) is 13.1 Å². The molecule has 0 spiro atoms. The smallest absolute Gasteiger partial charge is 0.271 e. The number of H-pyrrole nitrogens is 1. The first-order valence-corrected chi connectivity index (χ1v) is 4.99. The van der Waals surface area contributed by atoms with Gasteiger partial charge in [-0.3, -0.25) is 9.89 Å². The lowest BCUT2D eigenvalue weighted by Crippen LogP contribution is -2.39. The van der Waals surface area contributed by atoms with Gasteiger partial charge in [0.15, 0.2) is 0 Å². The van der Waals surface area contributed by atoms with Crippen molar-refractivity contribution in [1.29, 1.82) is 5.26 Å². The molecule has 1 N–H and O–H groups in total. The van der Waals surface area contributed by atoms with Crippen molar-refractivity contribution < 1.29 is 4.79 Å². The van der Waals surface area contributed by atoms with Crippen LogP contribution in [-0.4, -0.2) is 34.1 Å². The van der Waals surface area contributed by atoms with Crippen LogP contribution >= 0.6 is 0 Å². The Morgan fingerprint density at radius 3 is 3.27 bits per heavy atom. The van der Waals surface area contributed by atoms with Crippen molar-refractivity contribution in [2.45, 2.75) is 12.8 Å². The Balaban J connectivity index is 2.05. The standard InChI is InChI=1S/C10H12N4O/c11-6-8-2-1-5-14(7-8)10(15)9-3-4-12-13-9/h3-4,8H,1-2,5,7H2,(H,12,13). The molecule has 5 nitrogen and oxygen atoms in total. The molecule has 1 atom stereocenters. The number of hydrogen-bond acceptors (Lipinski definition) is 3. The SMILES string of the molecule is N#CC1CCCN(C(=O)c2ccn[nH]2)C1. The minimum atomic E-state index is -0.0625. The zero-order valence-corrected chi connectivity index (χ0v) is 8.31. The lowest BCUT2D eigenvalue weighted by Gasteiger charge is -2.29. The van der Waals surface area contributed by atoms with Crippen LogP contribution < -0.4 is 0 Å². The number of piperidine rings is 1. The monoisotopic (exact) mass is 204 g/mol. The minimum absolute atomic E-state index is 0.0226. The van der Waals surface area contributed by atoms with Gasteiger partial charge in [0.2, 0.25) is 0 Å². The molecule has 1 amide bonds. The van der Waals surface area contributed by atoms with E-state index in [1.165, 1.54) is 0 Å². The molecule has 1 unspecified atom stereocenters. The number of aromatic amines is 1. The minimum Gasteiger partial charge on any atom is -0.336 e. The molecule has 1 fully saturated rings. The summed E-state index contributed by atoms with van der Waals surface area (Å²) in [5, 5.41) is 15.2. The molecule has 1 aromatic rings. The number of likely N-dealkylation sites (tertiary alicyclic amines) is 1. The topological polar surface area (TPSA) is 72.8 Å². The lowest BCUT2D eigenvalue weighted by atomic mass is 9.99. The summed E-state index contributed by atoms with van der Waals surface area (Å²) < 4.78 is 0. The average Bonchev–Trinajstić information content (AvgIpc) is 2.81. The van der Waals surface area contributed by atoms with Crippen LogP contribution in [0.5, 0.6) is 0 Å². The van der Waals surface area contributed by atoms with E-state index < -0.39 is 0 Å². The van der Waals surface area contributed by atoms with E-state index in [9.17, 15) is 4.79 Å². The first kappa shape index (κ1) is 9.71. The number of rotatable bonds is 1. The molecule has 0 bridgehead atoms. The quantitative estimate of drug-likeness (QED) is 0.734. The molecule has 1 aromatic heterocycles. The molecule has 0 radical (unpaired) electrons. The van der Waals surface area contributed by atoms with Crippen molar-refractivity contribution in [3.63, 3.8) is 0 Å². The third kappa shape index (κ3) is 1.99. The van der Waals surface area contributed by atoms with E-state index >= 15 is 0 Å². The zero-order valence-electron chi connectivity index (χ0n) is 8.31. The van der Waals surface area contributed by atoms with Gasteiger partial charge in [-0.15, -0.1) is 0 Å². The number of carbonyl (C=O) groups is 1. The van der Waals surface area contributed by atoms with Crippen LogP contribution in [0.1, 0.15) is 23.3 Å². The number of nitrogens with zero attached hydrogens (tertiary/aromatic N) is 3. The molecule has 1 aliphatic rings. The fourth-order valence-corrected chi connectivity index (χ4v) is 1.81. The van der Waals surface area contributed by atoms with Crippen LogP contribution in [0, 0.1) is 17.2 Å². The van der Waals surface area contributed by atoms with Crippen molar-refractivity contribution in [2.24, 2.45) is 5.92 Å². The molecule has 15 heavy (non-hydrogen) atoms. The molecule has 1 saturated heterocycles. The first-order chi connectivity index (χ1) is 7.31. The Hall–Kier alpha value is -1.83. The van der Waals surface area contributed by atoms with Crippen molar-refractivity contribution in [1.82, 2.24) is 15.1 Å². The summed E-state index contributed by atoms with van der Waals surface area (Å²) in [6.45, 7) is 1.27. The molecule has 0 saturated carbocycles. The fraction of sp³-hybridized carbons (Fsp3) is 0.500. The van der Waals surface area contributed by atoms with Gasteiger partial charge in [-0.25, -0.2) is 0 Å². The third-order valence-corrected chi connectivity index (χ3v) is 2.62. The van der Waals surface area contributed by atoms with Gasteiger partial charge in [0.1, 0.15) is 5.69 Å². The molecule has 2 rings (SSSR count). The van der Waals surface area contributed by atoms with Crippen LogP contribution in [0.4, 0.5) is 0 Å². The maximum absolute atomic E-state index is 11.9. The van der Waals surface area contributed by atoms with Crippen LogP contribution in [0.25, 0.3) is 0 Å². The van der Waals surface area contributed by atoms with E-state index in [1.807, 2.05) is 0 Å². The molecule has 2 heterocycles. The number of nitriles is 1. The van der Waals surface area contributed by atoms with Crippen LogP contribution in [-0.2, 0) is 0 Å². The molecule has 0 aliphatic carbocycles. The molecule has 5 heteroatoms. The van der Waals surface area contributed by atoms with Gasteiger partial charge in [0.05, 0.1) is 12.0 Å². The van der Waals surface area contributed by atoms with Gasteiger partial charge in [-0.05, 0) is 18.9 Å². The predicted molar refractivity (Wildman–Crippen MR) is 52.8 cm³/mol. The Morgan fingerprint density at radius 2 is 2.60 bits per heavy atom. The van der Waals surface area contributed by atoms with Crippen molar-refractivity contribution >= 4 is 5.91 Å². The number of aromatic nitrogens is 2. The Morgan fingerprint density at radius 1 is 1.73 bits per heavy atom. The van der Waals surface area contributed by atoms with Crippen molar-refractivity contribution in [3.8, 4) is 6.07 Å². The van der Waals surface area contributed by atoms with E-state index in [-0.39, 0.29) is 11.8 Å². The number of hydrogen-bond donors (Lipinski definition) is 1. The third-order valence-electron chi connectivity index (χ3n) is 2.62. The molecular weight excluding hydrogens is 192 g/mol. The van der Waals surface area contributed by atoms with E-state index in [4.69, 9.17) is 5.26 Å². The van der Waals surface area contributed by atoms with E-state index in [2.05, 4.69) is 16.3 Å². The highest BCUT2D eigenvalue weighted by atomic mass is 16.2. The van der Waals surface area contributed by atoms with Gasteiger partial charge in [0.25, 0.3) is 5.91 Å². The number of carbonyl (C=O) groups excluding carboxylic acids is 1. The normalized spacial score (nSPS) is 21.0. The Bertz CT molecular complexity index is 379. The zero-order chi connectivity index (χ0) is 10.7. The summed E-state index contributed by atoms with van der Waals surface area (Å²) in [6.07, 6.45) is 3.35. The van der Waals surface area contributed by atoms with E-state index in [1.54, 1.807) is 17.2 Å². The fourth-order valence-electron chi connectivity index (χ4n) is 1.81. The van der Waals surface area contributed by atoms with Gasteiger partial charge in [0, 0.05) is 19.3 Å². The maximum Gasteiger partial charge on any atom is 0.271 e. The van der Waals surface area contributed by atoms with E-state index in [0.29, 0.717) is 12.2 Å². The Labute approximate surface area is 87.7 Å². The molecule has 1 aliphatic heterocycles. The van der Waals surface area contributed by atoms with Gasteiger partial charge in [-0.1, -0.05) is 0 Å². The highest BCUT2D eigenvalue weighted by Crippen LogP contribution is 2.16. The maximum atomic E-state index is 11.9. The predicted octanol–water partition coefficient (Wildman–Crippen LogP) is 0.785. The Kier molecular flexibility index (Phi) is 2.68. The lowest BCUT2D eigenvalue weighted by molar-refractivity contribution is 0.0693. The molecule has 78 valence electrons. The summed E-state index contributed by atoms with van der Waals surface area (Å²) in [5.74, 6) is -0.0851. The largest absolute Gasteiger partial charge is 0.336 e. The second-order valence-corrected chi connectivity index (χ2v) is 3.69. The first-order valence-electron chi connectivity index (χ1n) is 4.99. The summed E-state index contributed by atoms with van der Waals surface area (Å²) in [4.78, 5) is 13.6. The highest BCUT2D eigenvalue weighted by Gasteiger charge is 2.24. The summed E-state index contributed by atoms with van der Waals surface area (Å²) >= 11 is 0. The second-order valence-electron chi connectivity index (χ2n) is 3.69. The number of nitrogens with one attached hydrogen (secondary N) is 1. The van der Waals surface area contributed by atoms with E-state index in [0.717, 1.165) is 19.4 Å². The van der Waals surface area contributed by atoms with Crippen LogP contribution in [0.3, 0.4) is 0 Å². The molecule has 0 aromatic carbocycles. The highest BCUT2D eigenvalue weighted by molar-refractivity contribution is 5.92. The summed E-state index contributed by atoms with van der Waals surface area (Å²) in [7, 11) is 0. The van der Waals surface area contributed by atoms with Gasteiger partial charge >= 0.3 is 0 Å².